The summed E-state index contributed by atoms with van der Waals surface area (Å²) < 4.78 is 33.6. The first-order valence-electron chi connectivity index (χ1n) is 11.3. The highest BCUT2D eigenvalue weighted by atomic mass is 19.3. The number of anilines is 3. The molecule has 2 fully saturated rings. The number of carbonyl (C=O) groups excluding carboxylic acids is 1. The fraction of sp³-hybridized carbons (Fsp3) is 0.636. The number of hydrogen-bond acceptors (Lipinski definition) is 7. The zero-order valence-electron chi connectivity index (χ0n) is 19.1. The second-order valence-corrected chi connectivity index (χ2v) is 9.51. The molecule has 0 unspecified atom stereocenters. The quantitative estimate of drug-likeness (QED) is 0.654. The lowest BCUT2D eigenvalue weighted by Crippen LogP contribution is -2.64. The van der Waals surface area contributed by atoms with E-state index in [0.717, 1.165) is 24.8 Å². The predicted octanol–water partition coefficient (Wildman–Crippen LogP) is 2.96. The van der Waals surface area contributed by atoms with Crippen LogP contribution in [0.15, 0.2) is 12.4 Å². The summed E-state index contributed by atoms with van der Waals surface area (Å²) in [6.45, 7) is 2.78. The number of ether oxygens (including phenoxy) is 1. The average molecular weight is 462 g/mol. The largest absolute Gasteiger partial charge is 0.376 e. The Morgan fingerprint density at radius 1 is 1.30 bits per heavy atom. The number of amides is 1. The number of alkyl halides is 2. The summed E-state index contributed by atoms with van der Waals surface area (Å²) >= 11 is 0. The lowest BCUT2D eigenvalue weighted by Gasteiger charge is -2.50. The number of nitrogens with zero attached hydrogens (tertiary/aromatic N) is 5. The van der Waals surface area contributed by atoms with E-state index >= 15 is 0 Å². The molecule has 1 aliphatic heterocycles. The van der Waals surface area contributed by atoms with Crippen LogP contribution < -0.4 is 15.5 Å². The second-order valence-electron chi connectivity index (χ2n) is 9.51. The first-order chi connectivity index (χ1) is 15.7. The number of carbonyl (C=O) groups is 1. The van der Waals surface area contributed by atoms with E-state index in [1.54, 1.807) is 18.0 Å². The molecule has 178 valence electrons. The van der Waals surface area contributed by atoms with Crippen molar-refractivity contribution in [2.45, 2.75) is 69.7 Å². The SMILES string of the molecule is COC1([C@H]2C(=O)Nc3c(C)nc(NCc4cnn(CC5CC(F)(F)C5)c4)nc3N2C)CCC1. The van der Waals surface area contributed by atoms with Gasteiger partial charge in [-0.2, -0.15) is 10.1 Å². The molecule has 5 rings (SSSR count). The van der Waals surface area contributed by atoms with Crippen LogP contribution in [0.1, 0.15) is 43.4 Å². The molecule has 1 atom stereocenters. The fourth-order valence-corrected chi connectivity index (χ4v) is 5.19. The van der Waals surface area contributed by atoms with Crippen LogP contribution in [0.25, 0.3) is 0 Å². The zero-order valence-corrected chi connectivity index (χ0v) is 19.1. The molecule has 3 aliphatic rings. The Bertz CT molecular complexity index is 1060. The minimum absolute atomic E-state index is 0.0305. The van der Waals surface area contributed by atoms with E-state index in [0.29, 0.717) is 36.2 Å². The van der Waals surface area contributed by atoms with E-state index < -0.39 is 17.6 Å². The van der Waals surface area contributed by atoms with Crippen molar-refractivity contribution < 1.29 is 18.3 Å². The maximum absolute atomic E-state index is 13.1. The van der Waals surface area contributed by atoms with Crippen LogP contribution in [0, 0.1) is 12.8 Å². The summed E-state index contributed by atoms with van der Waals surface area (Å²) in [5.74, 6) is -1.55. The van der Waals surface area contributed by atoms with Gasteiger partial charge in [0.05, 0.1) is 17.5 Å². The Hall–Kier alpha value is -2.82. The van der Waals surface area contributed by atoms with Gasteiger partial charge in [0.15, 0.2) is 5.82 Å². The van der Waals surface area contributed by atoms with Gasteiger partial charge in [-0.15, -0.1) is 0 Å². The van der Waals surface area contributed by atoms with Gasteiger partial charge in [-0.25, -0.2) is 13.8 Å². The number of nitrogens with one attached hydrogen (secondary N) is 2. The number of fused-ring (bicyclic) bond motifs is 1. The standard InChI is InChI=1S/C22H29F2N7O2/c1-13-16-18(30(2)17(19(32)28-16)21(33-3)5-4-6-21)29-20(27-13)25-9-15-10-26-31(12-15)11-14-7-22(23,24)8-14/h10,12,14,17H,4-9,11H2,1-3H3,(H,28,32)(H,25,27,29)/t17-/m1/s1. The molecule has 3 heterocycles. The summed E-state index contributed by atoms with van der Waals surface area (Å²) in [5, 5.41) is 10.5. The summed E-state index contributed by atoms with van der Waals surface area (Å²) in [4.78, 5) is 24.0. The third kappa shape index (κ3) is 3.92. The third-order valence-corrected chi connectivity index (χ3v) is 7.15. The number of methoxy groups -OCH3 is 1. The van der Waals surface area contributed by atoms with Crippen LogP contribution in [0.5, 0.6) is 0 Å². The summed E-state index contributed by atoms with van der Waals surface area (Å²) in [5.41, 5.74) is 1.69. The van der Waals surface area contributed by atoms with Gasteiger partial charge in [-0.05, 0) is 32.1 Å². The van der Waals surface area contributed by atoms with Crippen molar-refractivity contribution in [1.82, 2.24) is 19.7 Å². The van der Waals surface area contributed by atoms with E-state index in [9.17, 15) is 13.6 Å². The molecule has 2 saturated carbocycles. The summed E-state index contributed by atoms with van der Waals surface area (Å²) in [7, 11) is 3.52. The highest BCUT2D eigenvalue weighted by Gasteiger charge is 2.52. The van der Waals surface area contributed by atoms with Crippen molar-refractivity contribution in [2.75, 3.05) is 29.7 Å². The Morgan fingerprint density at radius 2 is 2.06 bits per heavy atom. The lowest BCUT2D eigenvalue weighted by atomic mass is 9.73. The molecule has 2 N–H and O–H groups in total. The normalized spacial score (nSPS) is 23.4. The van der Waals surface area contributed by atoms with Crippen LogP contribution in [-0.4, -0.2) is 57.4 Å². The highest BCUT2D eigenvalue weighted by molar-refractivity contribution is 6.04. The van der Waals surface area contributed by atoms with Crippen LogP contribution in [0.3, 0.4) is 0 Å². The number of halogens is 2. The molecule has 0 aromatic carbocycles. The Balaban J connectivity index is 1.28. The van der Waals surface area contributed by atoms with Gasteiger partial charge >= 0.3 is 0 Å². The molecule has 0 saturated heterocycles. The van der Waals surface area contributed by atoms with Gasteiger partial charge in [-0.1, -0.05) is 0 Å². The molecule has 0 spiro atoms. The maximum Gasteiger partial charge on any atom is 0.250 e. The van der Waals surface area contributed by atoms with Crippen LogP contribution >= 0.6 is 0 Å². The van der Waals surface area contributed by atoms with Crippen LogP contribution in [-0.2, 0) is 22.6 Å². The Morgan fingerprint density at radius 3 is 2.70 bits per heavy atom. The van der Waals surface area contributed by atoms with Crippen LogP contribution in [0.4, 0.5) is 26.2 Å². The third-order valence-electron chi connectivity index (χ3n) is 7.15. The lowest BCUT2D eigenvalue weighted by molar-refractivity contribution is -0.135. The van der Waals surface area contributed by atoms with E-state index in [1.165, 1.54) is 0 Å². The molecule has 33 heavy (non-hydrogen) atoms. The predicted molar refractivity (Wildman–Crippen MR) is 118 cm³/mol. The van der Waals surface area contributed by atoms with Gasteiger partial charge in [0.2, 0.25) is 17.8 Å². The van der Waals surface area contributed by atoms with E-state index in [2.05, 4.69) is 25.7 Å². The van der Waals surface area contributed by atoms with Crippen molar-refractivity contribution in [1.29, 1.82) is 0 Å². The minimum Gasteiger partial charge on any atom is -0.376 e. The Kier molecular flexibility index (Phi) is 5.26. The zero-order chi connectivity index (χ0) is 23.4. The average Bonchev–Trinajstić information content (AvgIpc) is 3.15. The highest BCUT2D eigenvalue weighted by Crippen LogP contribution is 2.45. The smallest absolute Gasteiger partial charge is 0.250 e. The van der Waals surface area contributed by atoms with Crippen LogP contribution in [0.2, 0.25) is 0 Å². The van der Waals surface area contributed by atoms with Gasteiger partial charge < -0.3 is 20.3 Å². The topological polar surface area (TPSA) is 97.2 Å². The Labute approximate surface area is 190 Å². The molecule has 1 amide bonds. The molecular formula is C22H29F2N7O2. The second kappa shape index (κ2) is 7.89. The first kappa shape index (κ1) is 22.0. The van der Waals surface area contributed by atoms with Crippen molar-refractivity contribution in [3.8, 4) is 0 Å². The molecular weight excluding hydrogens is 432 g/mol. The number of rotatable bonds is 7. The summed E-state index contributed by atoms with van der Waals surface area (Å²) in [6, 6.07) is -0.456. The van der Waals surface area contributed by atoms with Crippen molar-refractivity contribution in [3.63, 3.8) is 0 Å². The molecule has 0 bridgehead atoms. The fourth-order valence-electron chi connectivity index (χ4n) is 5.19. The maximum atomic E-state index is 13.1. The van der Waals surface area contributed by atoms with Gasteiger partial charge in [0, 0.05) is 51.8 Å². The van der Waals surface area contributed by atoms with E-state index in [-0.39, 0.29) is 24.7 Å². The molecule has 0 radical (unpaired) electrons. The number of likely N-dealkylation sites (N-methyl/N-ethyl adjacent to an activating group) is 1. The molecule has 2 aliphatic carbocycles. The van der Waals surface area contributed by atoms with Crippen molar-refractivity contribution >= 4 is 23.4 Å². The summed E-state index contributed by atoms with van der Waals surface area (Å²) in [6.07, 6.45) is 6.13. The molecule has 9 nitrogen and oxygen atoms in total. The minimum atomic E-state index is -2.52. The molecule has 2 aromatic rings. The van der Waals surface area contributed by atoms with Crippen molar-refractivity contribution in [2.24, 2.45) is 5.92 Å². The molecule has 2 aromatic heterocycles. The van der Waals surface area contributed by atoms with Gasteiger partial charge in [0.25, 0.3) is 0 Å². The first-order valence-corrected chi connectivity index (χ1v) is 11.3. The van der Waals surface area contributed by atoms with Gasteiger partial charge in [0.1, 0.15) is 11.7 Å². The number of hydrogen-bond donors (Lipinski definition) is 2. The monoisotopic (exact) mass is 461 g/mol. The molecule has 11 heteroatoms. The number of aromatic nitrogens is 4. The van der Waals surface area contributed by atoms with Gasteiger partial charge in [-0.3, -0.25) is 9.48 Å². The van der Waals surface area contributed by atoms with E-state index in [4.69, 9.17) is 4.74 Å². The number of aryl methyl sites for hydroxylation is 1. The van der Waals surface area contributed by atoms with E-state index in [1.807, 2.05) is 25.1 Å². The van der Waals surface area contributed by atoms with Crippen molar-refractivity contribution in [3.05, 3.63) is 23.7 Å².